The van der Waals surface area contributed by atoms with Crippen LogP contribution in [-0.2, 0) is 35.2 Å². The second kappa shape index (κ2) is 16.3. The summed E-state index contributed by atoms with van der Waals surface area (Å²) < 4.78 is 3.78. The van der Waals surface area contributed by atoms with Crippen molar-refractivity contribution in [1.82, 2.24) is 19.1 Å². The molecule has 8 heteroatoms. The second-order valence-corrected chi connectivity index (χ2v) is 3.03. The third-order valence-corrected chi connectivity index (χ3v) is 1.44. The van der Waals surface area contributed by atoms with Gasteiger partial charge in [-0.15, -0.1) is 0 Å². The monoisotopic (exact) mass is 454 g/mol. The molecule has 18 heavy (non-hydrogen) atoms. The number of aryl methyl sites for hydroxylation is 2. The van der Waals surface area contributed by atoms with Crippen molar-refractivity contribution in [2.45, 2.75) is 0 Å². The molecule has 0 amide bonds. The van der Waals surface area contributed by atoms with Crippen LogP contribution in [0, 0.1) is 0 Å². The van der Waals surface area contributed by atoms with Crippen molar-refractivity contribution in [1.29, 1.82) is 0 Å². The molecule has 2 aromatic rings. The van der Waals surface area contributed by atoms with Crippen LogP contribution in [0.15, 0.2) is 37.4 Å². The molecule has 0 aromatic carbocycles. The predicted octanol–water partition coefficient (Wildman–Crippen LogP) is -3.25. The zero-order valence-corrected chi connectivity index (χ0v) is 13.5. The molecular formula is C10H20ClN6Pt+3. The number of hydrogen-bond donors (Lipinski definition) is 2. The SMILES string of the molecule is Cn1ccnc1.Cn1ccnc1.NCCN.[Cl-].[Pt+4]. The van der Waals surface area contributed by atoms with E-state index in [0.717, 1.165) is 0 Å². The second-order valence-electron chi connectivity index (χ2n) is 3.03. The van der Waals surface area contributed by atoms with Gasteiger partial charge in [0.2, 0.25) is 0 Å². The van der Waals surface area contributed by atoms with E-state index in [1.807, 2.05) is 35.6 Å². The first kappa shape index (κ1) is 22.5. The first-order chi connectivity index (χ1) is 7.70. The number of rotatable bonds is 1. The summed E-state index contributed by atoms with van der Waals surface area (Å²) in [5.74, 6) is 0. The van der Waals surface area contributed by atoms with Gasteiger partial charge in [0.25, 0.3) is 0 Å². The summed E-state index contributed by atoms with van der Waals surface area (Å²) in [5.41, 5.74) is 9.81. The molecule has 0 aliphatic heterocycles. The van der Waals surface area contributed by atoms with Gasteiger partial charge in [0.05, 0.1) is 12.7 Å². The first-order valence-electron chi connectivity index (χ1n) is 4.94. The Bertz CT molecular complexity index is 290. The number of nitrogens with zero attached hydrogens (tertiary/aromatic N) is 4. The summed E-state index contributed by atoms with van der Waals surface area (Å²) in [5, 5.41) is 0. The van der Waals surface area contributed by atoms with Crippen molar-refractivity contribution in [2.24, 2.45) is 25.6 Å². The van der Waals surface area contributed by atoms with Gasteiger partial charge in [-0.05, 0) is 0 Å². The predicted molar refractivity (Wildman–Crippen MR) is 64.5 cm³/mol. The Labute approximate surface area is 128 Å². The fourth-order valence-electron chi connectivity index (χ4n) is 0.652. The molecule has 2 heterocycles. The Morgan fingerprint density at radius 1 is 0.889 bits per heavy atom. The van der Waals surface area contributed by atoms with Crippen molar-refractivity contribution in [3.8, 4) is 0 Å². The molecule has 0 spiro atoms. The number of aromatic nitrogens is 4. The number of halogens is 1. The van der Waals surface area contributed by atoms with E-state index in [0.29, 0.717) is 13.1 Å². The zero-order chi connectivity index (χ0) is 12.2. The Morgan fingerprint density at radius 2 is 1.22 bits per heavy atom. The summed E-state index contributed by atoms with van der Waals surface area (Å²) in [6.07, 6.45) is 10.8. The molecule has 0 saturated carbocycles. The maximum absolute atomic E-state index is 4.90. The van der Waals surface area contributed by atoms with Crippen LogP contribution in [0.5, 0.6) is 0 Å². The molecule has 0 aliphatic carbocycles. The summed E-state index contributed by atoms with van der Waals surface area (Å²) in [7, 11) is 3.88. The third kappa shape index (κ3) is 15.3. The van der Waals surface area contributed by atoms with Crippen LogP contribution >= 0.6 is 0 Å². The molecular weight excluding hydrogens is 435 g/mol. The Hall–Kier alpha value is -0.682. The van der Waals surface area contributed by atoms with E-state index in [1.54, 1.807) is 25.0 Å². The largest absolute Gasteiger partial charge is 4.00 e. The smallest absolute Gasteiger partial charge is 1.00 e. The van der Waals surface area contributed by atoms with Gasteiger partial charge in [-0.25, -0.2) is 9.97 Å². The Kier molecular flexibility index (Phi) is 20.4. The van der Waals surface area contributed by atoms with E-state index in [9.17, 15) is 0 Å². The quantitative estimate of drug-likeness (QED) is 0.474. The van der Waals surface area contributed by atoms with Crippen LogP contribution in [0.1, 0.15) is 0 Å². The van der Waals surface area contributed by atoms with Crippen molar-refractivity contribution >= 4 is 0 Å². The summed E-state index contributed by atoms with van der Waals surface area (Å²) in [6, 6.07) is 0. The standard InChI is InChI=1S/2C4H6N2.C2H8N2.ClH.Pt/c2*1-6-3-2-5-4-6;3-1-2-4;;/h2*2-4H,1H3;1-4H2;1H;/q;;;;+4/p-1. The van der Waals surface area contributed by atoms with Gasteiger partial charge in [0, 0.05) is 52.0 Å². The summed E-state index contributed by atoms with van der Waals surface area (Å²) >= 11 is 0. The summed E-state index contributed by atoms with van der Waals surface area (Å²) in [4.78, 5) is 7.57. The van der Waals surface area contributed by atoms with E-state index >= 15 is 0 Å². The Morgan fingerprint density at radius 3 is 1.28 bits per heavy atom. The van der Waals surface area contributed by atoms with Gasteiger partial charge in [0.1, 0.15) is 0 Å². The zero-order valence-electron chi connectivity index (χ0n) is 10.5. The van der Waals surface area contributed by atoms with Crippen LogP contribution in [0.25, 0.3) is 0 Å². The maximum atomic E-state index is 4.90. The Balaban J connectivity index is -0.000000182. The average molecular weight is 455 g/mol. The molecule has 6 nitrogen and oxygen atoms in total. The fourth-order valence-corrected chi connectivity index (χ4v) is 0.652. The molecule has 0 bridgehead atoms. The summed E-state index contributed by atoms with van der Waals surface area (Å²) in [6.45, 7) is 1.19. The van der Waals surface area contributed by atoms with Gasteiger partial charge in [-0.2, -0.15) is 0 Å². The molecule has 0 atom stereocenters. The van der Waals surface area contributed by atoms with Gasteiger partial charge < -0.3 is 33.0 Å². The molecule has 2 aromatic heterocycles. The maximum Gasteiger partial charge on any atom is 4.00 e. The van der Waals surface area contributed by atoms with Gasteiger partial charge in [0.15, 0.2) is 0 Å². The number of hydrogen-bond acceptors (Lipinski definition) is 4. The molecule has 0 radical (unpaired) electrons. The van der Waals surface area contributed by atoms with Crippen molar-refractivity contribution in [3.63, 3.8) is 0 Å². The topological polar surface area (TPSA) is 87.7 Å². The van der Waals surface area contributed by atoms with Crippen LogP contribution < -0.4 is 23.9 Å². The fraction of sp³-hybridized carbons (Fsp3) is 0.400. The van der Waals surface area contributed by atoms with Gasteiger partial charge in [-0.1, -0.05) is 0 Å². The van der Waals surface area contributed by atoms with Crippen molar-refractivity contribution in [2.75, 3.05) is 13.1 Å². The molecule has 0 saturated heterocycles. The van der Waals surface area contributed by atoms with E-state index in [1.165, 1.54) is 0 Å². The molecule has 0 aliphatic rings. The molecule has 2 rings (SSSR count). The number of nitrogens with two attached hydrogens (primary N) is 2. The first-order valence-corrected chi connectivity index (χ1v) is 4.94. The van der Waals surface area contributed by atoms with Crippen molar-refractivity contribution < 1.29 is 33.5 Å². The van der Waals surface area contributed by atoms with Gasteiger partial charge in [-0.3, -0.25) is 0 Å². The normalized spacial score (nSPS) is 7.56. The minimum Gasteiger partial charge on any atom is -1.00 e. The average Bonchev–Trinajstić information content (AvgIpc) is 2.93. The molecule has 0 fully saturated rings. The molecule has 4 N–H and O–H groups in total. The van der Waals surface area contributed by atoms with E-state index in [4.69, 9.17) is 11.5 Å². The van der Waals surface area contributed by atoms with Crippen LogP contribution in [-0.4, -0.2) is 32.2 Å². The number of imidazole rings is 2. The molecule has 104 valence electrons. The minimum absolute atomic E-state index is 0. The van der Waals surface area contributed by atoms with E-state index in [2.05, 4.69) is 9.97 Å². The van der Waals surface area contributed by atoms with Crippen LogP contribution in [0.4, 0.5) is 0 Å². The van der Waals surface area contributed by atoms with E-state index < -0.39 is 0 Å². The third-order valence-electron chi connectivity index (χ3n) is 1.44. The van der Waals surface area contributed by atoms with Crippen LogP contribution in [0.3, 0.4) is 0 Å². The van der Waals surface area contributed by atoms with Crippen LogP contribution in [0.2, 0.25) is 0 Å². The minimum atomic E-state index is 0. The molecule has 0 unspecified atom stereocenters. The van der Waals surface area contributed by atoms with E-state index in [-0.39, 0.29) is 33.5 Å². The van der Waals surface area contributed by atoms with Crippen molar-refractivity contribution in [3.05, 3.63) is 37.4 Å². The van der Waals surface area contributed by atoms with Gasteiger partial charge >= 0.3 is 21.1 Å².